The fourth-order valence-corrected chi connectivity index (χ4v) is 6.03. The minimum Gasteiger partial charge on any atom is -0.339 e. The summed E-state index contributed by atoms with van der Waals surface area (Å²) in [7, 11) is -10.8. The summed E-state index contributed by atoms with van der Waals surface area (Å²) in [5, 5.41) is 27.2. The van der Waals surface area contributed by atoms with Gasteiger partial charge in [-0.3, -0.25) is 9.11 Å². The van der Waals surface area contributed by atoms with E-state index in [4.69, 9.17) is 0 Å². The number of benzene rings is 1. The molecule has 0 spiro atoms. The second-order valence-corrected chi connectivity index (χ2v) is 10.9. The van der Waals surface area contributed by atoms with E-state index in [2.05, 4.69) is 41.5 Å². The van der Waals surface area contributed by atoms with Gasteiger partial charge in [-0.05, 0) is 40.3 Å². The maximum atomic E-state index is 12.4. The molecule has 0 radical (unpaired) electrons. The SMILES string of the molecule is O=S(=O)(O)C1(S(=O)(=O)O)C=C(Nc2ccnnn2)C=CC1C=Cc1ccc(Nc2ccnnn2)cc1. The molecule has 1 aliphatic carbocycles. The van der Waals surface area contributed by atoms with Gasteiger partial charge in [0.2, 0.25) is 0 Å². The molecular formula is C20H18N8O6S2. The highest BCUT2D eigenvalue weighted by Crippen LogP contribution is 2.40. The Morgan fingerprint density at radius 3 is 1.94 bits per heavy atom. The first-order valence-electron chi connectivity index (χ1n) is 10.0. The molecule has 14 nitrogen and oxygen atoms in total. The standard InChI is InChI=1S/C20H18N8O6S2/c29-35(30,31)20(36(32,33)34)13-17(24-19-10-12-22-28-26-19)8-5-15(20)4-1-14-2-6-16(7-3-14)23-18-9-11-21-27-25-18/h1-13,15H,(H,21,23,25)(H,22,24,26)(H,29,30,31)(H,32,33,34). The Morgan fingerprint density at radius 1 is 0.833 bits per heavy atom. The summed E-state index contributed by atoms with van der Waals surface area (Å²) < 4.78 is 66.5. The number of hydrogen-bond acceptors (Lipinski definition) is 12. The van der Waals surface area contributed by atoms with Crippen molar-refractivity contribution in [3.8, 4) is 0 Å². The van der Waals surface area contributed by atoms with Gasteiger partial charge in [-0.25, -0.2) is 0 Å². The van der Waals surface area contributed by atoms with Crippen LogP contribution < -0.4 is 10.6 Å². The first kappa shape index (κ1) is 25.0. The van der Waals surface area contributed by atoms with Gasteiger partial charge in [0.1, 0.15) is 0 Å². The number of nitrogens with one attached hydrogen (secondary N) is 2. The van der Waals surface area contributed by atoms with Crippen molar-refractivity contribution in [2.75, 3.05) is 10.6 Å². The number of anilines is 3. The zero-order valence-electron chi connectivity index (χ0n) is 18.1. The van der Waals surface area contributed by atoms with Crippen LogP contribution in [0.3, 0.4) is 0 Å². The molecule has 3 aromatic rings. The third-order valence-electron chi connectivity index (χ3n) is 5.07. The molecule has 4 rings (SSSR count). The Labute approximate surface area is 205 Å². The molecule has 0 saturated heterocycles. The third-order valence-corrected chi connectivity index (χ3v) is 8.73. The lowest BCUT2D eigenvalue weighted by molar-refractivity contribution is 0.424. The predicted molar refractivity (Wildman–Crippen MR) is 129 cm³/mol. The van der Waals surface area contributed by atoms with Gasteiger partial charge in [-0.1, -0.05) is 30.4 Å². The molecule has 2 aromatic heterocycles. The Hall–Kier alpha value is -4.12. The van der Waals surface area contributed by atoms with Crippen LogP contribution in [0.2, 0.25) is 0 Å². The number of rotatable bonds is 8. The first-order chi connectivity index (χ1) is 17.1. The Balaban J connectivity index is 1.64. The normalized spacial score (nSPS) is 17.5. The maximum absolute atomic E-state index is 12.4. The highest BCUT2D eigenvalue weighted by Gasteiger charge is 2.58. The molecule has 1 unspecified atom stereocenters. The zero-order chi connectivity index (χ0) is 25.8. The summed E-state index contributed by atoms with van der Waals surface area (Å²) in [6.45, 7) is 0. The van der Waals surface area contributed by atoms with Crippen LogP contribution in [0.25, 0.3) is 6.08 Å². The average molecular weight is 531 g/mol. The monoisotopic (exact) mass is 530 g/mol. The van der Waals surface area contributed by atoms with Crippen LogP contribution in [-0.2, 0) is 20.2 Å². The van der Waals surface area contributed by atoms with E-state index in [-0.39, 0.29) is 11.5 Å². The van der Waals surface area contributed by atoms with Crippen LogP contribution >= 0.6 is 0 Å². The smallest absolute Gasteiger partial charge is 0.292 e. The Kier molecular flexibility index (Phi) is 6.84. The number of aromatic nitrogens is 6. The second-order valence-electron chi connectivity index (χ2n) is 7.40. The second kappa shape index (κ2) is 9.86. The minimum absolute atomic E-state index is 0.0648. The van der Waals surface area contributed by atoms with E-state index in [1.807, 2.05) is 0 Å². The number of hydrogen-bond donors (Lipinski definition) is 4. The van der Waals surface area contributed by atoms with Crippen molar-refractivity contribution in [3.63, 3.8) is 0 Å². The summed E-state index contributed by atoms with van der Waals surface area (Å²) in [4.78, 5) is 0. The molecule has 36 heavy (non-hydrogen) atoms. The van der Waals surface area contributed by atoms with Crippen molar-refractivity contribution >= 4 is 43.6 Å². The van der Waals surface area contributed by atoms with Crippen molar-refractivity contribution in [2.24, 2.45) is 5.92 Å². The Morgan fingerprint density at radius 2 is 1.42 bits per heavy atom. The van der Waals surface area contributed by atoms with Gasteiger partial charge in [0, 0.05) is 29.4 Å². The van der Waals surface area contributed by atoms with Gasteiger partial charge < -0.3 is 10.6 Å². The molecule has 1 atom stereocenters. The molecule has 0 fully saturated rings. The van der Waals surface area contributed by atoms with E-state index in [1.54, 1.807) is 30.3 Å². The first-order valence-corrected chi connectivity index (χ1v) is 12.9. The summed E-state index contributed by atoms with van der Waals surface area (Å²) in [6, 6.07) is 9.78. The van der Waals surface area contributed by atoms with Crippen LogP contribution in [0.5, 0.6) is 0 Å². The summed E-state index contributed by atoms with van der Waals surface area (Å²) in [5.74, 6) is -0.886. The third kappa shape index (κ3) is 5.25. The van der Waals surface area contributed by atoms with E-state index >= 15 is 0 Å². The van der Waals surface area contributed by atoms with E-state index in [0.717, 1.165) is 0 Å². The molecular weight excluding hydrogens is 512 g/mol. The van der Waals surface area contributed by atoms with Crippen LogP contribution in [0.15, 0.2) is 78.8 Å². The van der Waals surface area contributed by atoms with E-state index < -0.39 is 30.2 Å². The maximum Gasteiger partial charge on any atom is 0.292 e. The number of allylic oxidation sites excluding steroid dienone is 3. The lowest BCUT2D eigenvalue weighted by atomic mass is 9.96. The predicted octanol–water partition coefficient (Wildman–Crippen LogP) is 1.47. The number of nitrogens with zero attached hydrogens (tertiary/aromatic N) is 6. The van der Waals surface area contributed by atoms with Crippen molar-refractivity contribution in [2.45, 2.75) is 4.08 Å². The topological polar surface area (TPSA) is 210 Å². The van der Waals surface area contributed by atoms with Gasteiger partial charge in [-0.15, -0.1) is 20.4 Å². The molecule has 186 valence electrons. The quantitative estimate of drug-likeness (QED) is 0.304. The molecule has 0 bridgehead atoms. The highest BCUT2D eigenvalue weighted by molar-refractivity contribution is 8.05. The van der Waals surface area contributed by atoms with Crippen molar-refractivity contribution in [1.82, 2.24) is 30.8 Å². The largest absolute Gasteiger partial charge is 0.339 e. The van der Waals surface area contributed by atoms with E-state index in [0.29, 0.717) is 23.1 Å². The fourth-order valence-electron chi connectivity index (χ4n) is 3.41. The van der Waals surface area contributed by atoms with Gasteiger partial charge in [-0.2, -0.15) is 16.8 Å². The van der Waals surface area contributed by atoms with E-state index in [9.17, 15) is 25.9 Å². The summed E-state index contributed by atoms with van der Waals surface area (Å²) in [5.41, 5.74) is 1.19. The molecule has 0 amide bonds. The van der Waals surface area contributed by atoms with Crippen molar-refractivity contribution < 1.29 is 25.9 Å². The molecule has 0 aliphatic heterocycles. The van der Waals surface area contributed by atoms with Gasteiger partial charge in [0.15, 0.2) is 11.6 Å². The van der Waals surface area contributed by atoms with Crippen LogP contribution in [-0.4, -0.2) is 60.8 Å². The van der Waals surface area contributed by atoms with Crippen LogP contribution in [0.4, 0.5) is 17.3 Å². The molecule has 0 saturated carbocycles. The summed E-state index contributed by atoms with van der Waals surface area (Å²) >= 11 is 0. The van der Waals surface area contributed by atoms with Gasteiger partial charge in [0.25, 0.3) is 24.3 Å². The Bertz CT molecular complexity index is 1500. The molecule has 4 N–H and O–H groups in total. The molecule has 1 aromatic carbocycles. The lowest BCUT2D eigenvalue weighted by Crippen LogP contribution is -2.50. The van der Waals surface area contributed by atoms with Crippen molar-refractivity contribution in [1.29, 1.82) is 0 Å². The van der Waals surface area contributed by atoms with Crippen LogP contribution in [0, 0.1) is 5.92 Å². The van der Waals surface area contributed by atoms with E-state index in [1.165, 1.54) is 42.8 Å². The molecule has 1 aliphatic rings. The van der Waals surface area contributed by atoms with Gasteiger partial charge in [0.05, 0.1) is 12.4 Å². The fraction of sp³-hybridized carbons (Fsp3) is 0.100. The van der Waals surface area contributed by atoms with Crippen molar-refractivity contribution in [3.05, 3.63) is 84.4 Å². The van der Waals surface area contributed by atoms with Gasteiger partial charge >= 0.3 is 0 Å². The average Bonchev–Trinajstić information content (AvgIpc) is 2.84. The zero-order valence-corrected chi connectivity index (χ0v) is 19.7. The molecule has 16 heteroatoms. The molecule has 2 heterocycles. The summed E-state index contributed by atoms with van der Waals surface area (Å²) in [6.07, 6.45) is 8.78. The van der Waals surface area contributed by atoms with Crippen LogP contribution in [0.1, 0.15) is 5.56 Å². The lowest BCUT2D eigenvalue weighted by Gasteiger charge is -2.32. The highest BCUT2D eigenvalue weighted by atomic mass is 32.3. The minimum atomic E-state index is -5.40.